The van der Waals surface area contributed by atoms with Gasteiger partial charge in [-0.05, 0) is 43.4 Å². The average molecular weight is 195 g/mol. The number of piperidine rings is 1. The molecule has 0 aromatic carbocycles. The third-order valence-electron chi connectivity index (χ3n) is 3.90. The van der Waals surface area contributed by atoms with Crippen molar-refractivity contribution in [2.45, 2.75) is 46.0 Å². The van der Waals surface area contributed by atoms with Crippen LogP contribution in [0.3, 0.4) is 0 Å². The Morgan fingerprint density at radius 3 is 2.71 bits per heavy atom. The second-order valence-corrected chi connectivity index (χ2v) is 5.71. The number of carbonyl (C=O) groups excluding carboxylic acids is 1. The molecule has 0 spiro atoms. The van der Waals surface area contributed by atoms with E-state index in [2.05, 4.69) is 19.2 Å². The fraction of sp³-hybridized carbons (Fsp3) is 0.917. The molecule has 1 amide bonds. The van der Waals surface area contributed by atoms with Gasteiger partial charge in [-0.15, -0.1) is 0 Å². The molecule has 1 saturated carbocycles. The second kappa shape index (κ2) is 3.56. The molecule has 2 nitrogen and oxygen atoms in total. The van der Waals surface area contributed by atoms with Crippen molar-refractivity contribution in [1.82, 2.24) is 5.32 Å². The lowest BCUT2D eigenvalue weighted by atomic mass is 9.82. The van der Waals surface area contributed by atoms with Crippen LogP contribution >= 0.6 is 0 Å². The van der Waals surface area contributed by atoms with E-state index in [1.165, 1.54) is 25.7 Å². The molecule has 1 aliphatic heterocycles. The summed E-state index contributed by atoms with van der Waals surface area (Å²) < 4.78 is 0. The zero-order valence-corrected chi connectivity index (χ0v) is 9.31. The maximum absolute atomic E-state index is 11.7. The maximum atomic E-state index is 11.7. The van der Waals surface area contributed by atoms with Crippen LogP contribution in [0.5, 0.6) is 0 Å². The monoisotopic (exact) mass is 195 g/mol. The van der Waals surface area contributed by atoms with Crippen LogP contribution in [0.2, 0.25) is 0 Å². The Kier molecular flexibility index (Phi) is 2.54. The Hall–Kier alpha value is -0.530. The Morgan fingerprint density at radius 1 is 1.36 bits per heavy atom. The van der Waals surface area contributed by atoms with Gasteiger partial charge < -0.3 is 5.32 Å². The van der Waals surface area contributed by atoms with Crippen LogP contribution in [-0.2, 0) is 4.79 Å². The summed E-state index contributed by atoms with van der Waals surface area (Å²) in [6.45, 7) is 5.55. The largest absolute Gasteiger partial charge is 0.356 e. The summed E-state index contributed by atoms with van der Waals surface area (Å²) in [5, 5.41) is 3.00. The SMILES string of the molecule is CC1(C)CCC(C2CCCNC2=O)C1. The van der Waals surface area contributed by atoms with Crippen molar-refractivity contribution in [3.8, 4) is 0 Å². The molecule has 2 heteroatoms. The van der Waals surface area contributed by atoms with Gasteiger partial charge >= 0.3 is 0 Å². The molecule has 0 radical (unpaired) electrons. The standard InChI is InChI=1S/C12H21NO/c1-12(2)6-5-9(8-12)10-4-3-7-13-11(10)14/h9-10H,3-8H2,1-2H3,(H,13,14). The van der Waals surface area contributed by atoms with Crippen LogP contribution in [0.1, 0.15) is 46.0 Å². The first-order valence-corrected chi connectivity index (χ1v) is 5.86. The molecular formula is C12H21NO. The topological polar surface area (TPSA) is 29.1 Å². The van der Waals surface area contributed by atoms with E-state index in [0.29, 0.717) is 23.2 Å². The molecule has 80 valence electrons. The normalized spacial score (nSPS) is 36.9. The van der Waals surface area contributed by atoms with Gasteiger partial charge in [0, 0.05) is 12.5 Å². The van der Waals surface area contributed by atoms with Crippen LogP contribution in [0, 0.1) is 17.3 Å². The molecule has 14 heavy (non-hydrogen) atoms. The van der Waals surface area contributed by atoms with Crippen molar-refractivity contribution in [3.63, 3.8) is 0 Å². The van der Waals surface area contributed by atoms with Gasteiger partial charge in [0.2, 0.25) is 5.91 Å². The molecule has 2 fully saturated rings. The quantitative estimate of drug-likeness (QED) is 0.683. The summed E-state index contributed by atoms with van der Waals surface area (Å²) in [4.78, 5) is 11.7. The molecule has 2 aliphatic rings. The van der Waals surface area contributed by atoms with Gasteiger partial charge in [0.05, 0.1) is 0 Å². The summed E-state index contributed by atoms with van der Waals surface area (Å²) >= 11 is 0. The minimum absolute atomic E-state index is 0.318. The van der Waals surface area contributed by atoms with E-state index >= 15 is 0 Å². The lowest BCUT2D eigenvalue weighted by molar-refractivity contribution is -0.128. The van der Waals surface area contributed by atoms with Crippen LogP contribution in [0.4, 0.5) is 0 Å². The zero-order chi connectivity index (χ0) is 10.2. The number of hydrogen-bond acceptors (Lipinski definition) is 1. The van der Waals surface area contributed by atoms with Crippen molar-refractivity contribution >= 4 is 5.91 Å². The van der Waals surface area contributed by atoms with E-state index in [1.54, 1.807) is 0 Å². The van der Waals surface area contributed by atoms with Crippen molar-refractivity contribution in [3.05, 3.63) is 0 Å². The van der Waals surface area contributed by atoms with Gasteiger partial charge in [-0.2, -0.15) is 0 Å². The van der Waals surface area contributed by atoms with Crippen molar-refractivity contribution in [2.24, 2.45) is 17.3 Å². The van der Waals surface area contributed by atoms with Gasteiger partial charge in [-0.25, -0.2) is 0 Å². The summed E-state index contributed by atoms with van der Waals surface area (Å²) in [6.07, 6.45) is 6.08. The minimum Gasteiger partial charge on any atom is -0.356 e. The van der Waals surface area contributed by atoms with E-state index in [-0.39, 0.29) is 0 Å². The highest BCUT2D eigenvalue weighted by molar-refractivity contribution is 5.79. The second-order valence-electron chi connectivity index (χ2n) is 5.71. The Bertz CT molecular complexity index is 234. The first kappa shape index (κ1) is 10.0. The average Bonchev–Trinajstić information content (AvgIpc) is 2.47. The number of hydrogen-bond donors (Lipinski definition) is 1. The molecule has 1 saturated heterocycles. The first-order valence-electron chi connectivity index (χ1n) is 5.86. The van der Waals surface area contributed by atoms with Crippen molar-refractivity contribution in [2.75, 3.05) is 6.54 Å². The number of carbonyl (C=O) groups is 1. The zero-order valence-electron chi connectivity index (χ0n) is 9.31. The Labute approximate surface area is 86.5 Å². The molecular weight excluding hydrogens is 174 g/mol. The van der Waals surface area contributed by atoms with Crippen LogP contribution < -0.4 is 5.32 Å². The Balaban J connectivity index is 1.98. The van der Waals surface area contributed by atoms with E-state index in [1.807, 2.05) is 0 Å². The highest BCUT2D eigenvalue weighted by Gasteiger charge is 2.38. The summed E-state index contributed by atoms with van der Waals surface area (Å²) in [5.74, 6) is 1.30. The lowest BCUT2D eigenvalue weighted by Crippen LogP contribution is -2.39. The maximum Gasteiger partial charge on any atom is 0.223 e. The van der Waals surface area contributed by atoms with Crippen LogP contribution in [0.25, 0.3) is 0 Å². The predicted molar refractivity (Wildman–Crippen MR) is 56.9 cm³/mol. The highest BCUT2D eigenvalue weighted by atomic mass is 16.1. The molecule has 1 N–H and O–H groups in total. The van der Waals surface area contributed by atoms with Crippen molar-refractivity contribution in [1.29, 1.82) is 0 Å². The summed E-state index contributed by atoms with van der Waals surface area (Å²) in [5.41, 5.74) is 0.475. The van der Waals surface area contributed by atoms with Gasteiger partial charge in [0.1, 0.15) is 0 Å². The number of nitrogens with one attached hydrogen (secondary N) is 1. The summed E-state index contributed by atoms with van der Waals surface area (Å²) in [7, 11) is 0. The molecule has 0 bridgehead atoms. The molecule has 2 rings (SSSR count). The fourth-order valence-corrected chi connectivity index (χ4v) is 3.08. The van der Waals surface area contributed by atoms with Gasteiger partial charge in [-0.1, -0.05) is 13.8 Å². The Morgan fingerprint density at radius 2 is 2.14 bits per heavy atom. The molecule has 0 aromatic rings. The van der Waals surface area contributed by atoms with E-state index in [0.717, 1.165) is 13.0 Å². The van der Waals surface area contributed by atoms with Crippen LogP contribution in [0.15, 0.2) is 0 Å². The fourth-order valence-electron chi connectivity index (χ4n) is 3.08. The van der Waals surface area contributed by atoms with Gasteiger partial charge in [0.15, 0.2) is 0 Å². The molecule has 1 aliphatic carbocycles. The van der Waals surface area contributed by atoms with Crippen LogP contribution in [-0.4, -0.2) is 12.5 Å². The third-order valence-corrected chi connectivity index (χ3v) is 3.90. The van der Waals surface area contributed by atoms with Crippen molar-refractivity contribution < 1.29 is 4.79 Å². The minimum atomic E-state index is 0.318. The smallest absolute Gasteiger partial charge is 0.223 e. The third kappa shape index (κ3) is 1.94. The molecule has 2 atom stereocenters. The number of rotatable bonds is 1. The van der Waals surface area contributed by atoms with Gasteiger partial charge in [0.25, 0.3) is 0 Å². The summed E-state index contributed by atoms with van der Waals surface area (Å²) in [6, 6.07) is 0. The van der Waals surface area contributed by atoms with Gasteiger partial charge in [-0.3, -0.25) is 4.79 Å². The molecule has 1 heterocycles. The first-order chi connectivity index (χ1) is 6.58. The van der Waals surface area contributed by atoms with E-state index in [4.69, 9.17) is 0 Å². The molecule has 2 unspecified atom stereocenters. The van der Waals surface area contributed by atoms with E-state index < -0.39 is 0 Å². The predicted octanol–water partition coefficient (Wildman–Crippen LogP) is 2.34. The van der Waals surface area contributed by atoms with E-state index in [9.17, 15) is 4.79 Å². The highest BCUT2D eigenvalue weighted by Crippen LogP contribution is 2.45. The lowest BCUT2D eigenvalue weighted by Gasteiger charge is -2.27. The molecule has 0 aromatic heterocycles. The number of amides is 1.